The number of nitrogens with one attached hydrogen (secondary N) is 1. The number of hydrogen-bond donors (Lipinski definition) is 1. The molecule has 5 nitrogen and oxygen atoms in total. The summed E-state index contributed by atoms with van der Waals surface area (Å²) in [6, 6.07) is 14.1. The van der Waals surface area contributed by atoms with Crippen LogP contribution in [0.25, 0.3) is 6.08 Å². The fourth-order valence-electron chi connectivity index (χ4n) is 3.62. The molecule has 0 aliphatic carbocycles. The molecule has 2 aromatic rings. The van der Waals surface area contributed by atoms with Gasteiger partial charge in [0.1, 0.15) is 0 Å². The Bertz CT molecular complexity index is 1000. The zero-order chi connectivity index (χ0) is 21.6. The molecule has 0 spiro atoms. The van der Waals surface area contributed by atoms with E-state index >= 15 is 0 Å². The van der Waals surface area contributed by atoms with Crippen molar-refractivity contribution in [3.63, 3.8) is 0 Å². The molecule has 0 radical (unpaired) electrons. The average Bonchev–Trinajstić information content (AvgIpc) is 2.74. The van der Waals surface area contributed by atoms with Gasteiger partial charge in [-0.1, -0.05) is 53.9 Å². The first-order chi connectivity index (χ1) is 14.4. The molecule has 0 saturated carbocycles. The molecule has 1 aliphatic heterocycles. The van der Waals surface area contributed by atoms with Crippen molar-refractivity contribution in [1.82, 2.24) is 9.62 Å². The molecule has 0 bridgehead atoms. The van der Waals surface area contributed by atoms with E-state index in [-0.39, 0.29) is 11.9 Å². The lowest BCUT2D eigenvalue weighted by Crippen LogP contribution is -2.45. The Kier molecular flexibility index (Phi) is 7.69. The number of aryl methyl sites for hydroxylation is 1. The molecule has 1 N–H and O–H groups in total. The third kappa shape index (κ3) is 5.72. The Morgan fingerprint density at radius 2 is 1.90 bits per heavy atom. The summed E-state index contributed by atoms with van der Waals surface area (Å²) < 4.78 is 27.8. The predicted molar refractivity (Wildman–Crippen MR) is 121 cm³/mol. The molecule has 0 aromatic heterocycles. The van der Waals surface area contributed by atoms with E-state index in [0.717, 1.165) is 30.4 Å². The molecule has 1 aliphatic rings. The van der Waals surface area contributed by atoms with Gasteiger partial charge in [0.2, 0.25) is 15.9 Å². The van der Waals surface area contributed by atoms with Crippen LogP contribution in [0, 0.1) is 6.92 Å². The minimum atomic E-state index is -3.54. The lowest BCUT2D eigenvalue weighted by Gasteiger charge is -2.34. The molecule has 1 saturated heterocycles. The Morgan fingerprint density at radius 1 is 1.17 bits per heavy atom. The molecular formula is C23H27ClN2O3S. The maximum atomic E-state index is 13.1. The molecule has 2 aromatic carbocycles. The first-order valence-corrected chi connectivity index (χ1v) is 12.0. The standard InChI is InChI=1S/C23H27ClN2O3S/c1-18-9-12-21(13-10-18)30(28,29)26-17-5-4-7-20(26)15-16-25-23(27)14-11-19-6-2-3-8-22(19)24/h2-3,6,8-14,20H,4-5,7,15-17H2,1H3,(H,25,27)/b14-11+. The van der Waals surface area contributed by atoms with Crippen molar-refractivity contribution in [3.8, 4) is 0 Å². The first-order valence-electron chi connectivity index (χ1n) is 10.2. The Hall–Kier alpha value is -2.15. The minimum absolute atomic E-state index is 0.113. The van der Waals surface area contributed by atoms with Crippen LogP contribution in [0.4, 0.5) is 0 Å². The second kappa shape index (κ2) is 10.2. The van der Waals surface area contributed by atoms with Crippen LogP contribution in [0.3, 0.4) is 0 Å². The Morgan fingerprint density at radius 3 is 2.63 bits per heavy atom. The fraction of sp³-hybridized carbons (Fsp3) is 0.348. The number of halogens is 1. The van der Waals surface area contributed by atoms with Gasteiger partial charge < -0.3 is 5.32 Å². The number of amides is 1. The van der Waals surface area contributed by atoms with Crippen LogP contribution in [0.1, 0.15) is 36.8 Å². The van der Waals surface area contributed by atoms with Crippen LogP contribution >= 0.6 is 11.6 Å². The summed E-state index contributed by atoms with van der Waals surface area (Å²) in [5, 5.41) is 3.43. The van der Waals surface area contributed by atoms with E-state index in [1.54, 1.807) is 28.6 Å². The second-order valence-electron chi connectivity index (χ2n) is 7.51. The minimum Gasteiger partial charge on any atom is -0.352 e. The van der Waals surface area contributed by atoms with Gasteiger partial charge in [-0.05, 0) is 56.0 Å². The van der Waals surface area contributed by atoms with Gasteiger partial charge in [0.15, 0.2) is 0 Å². The maximum Gasteiger partial charge on any atom is 0.244 e. The molecule has 1 fully saturated rings. The van der Waals surface area contributed by atoms with E-state index in [2.05, 4.69) is 5.32 Å². The van der Waals surface area contributed by atoms with E-state index in [1.165, 1.54) is 6.08 Å². The van der Waals surface area contributed by atoms with Crippen molar-refractivity contribution in [2.75, 3.05) is 13.1 Å². The quantitative estimate of drug-likeness (QED) is 0.640. The van der Waals surface area contributed by atoms with Gasteiger partial charge in [0, 0.05) is 30.2 Å². The molecule has 30 heavy (non-hydrogen) atoms. The van der Waals surface area contributed by atoms with Gasteiger partial charge in [0.05, 0.1) is 4.90 Å². The van der Waals surface area contributed by atoms with Crippen molar-refractivity contribution < 1.29 is 13.2 Å². The number of sulfonamides is 1. The van der Waals surface area contributed by atoms with Crippen molar-refractivity contribution in [1.29, 1.82) is 0 Å². The van der Waals surface area contributed by atoms with E-state index in [4.69, 9.17) is 11.6 Å². The highest BCUT2D eigenvalue weighted by Crippen LogP contribution is 2.27. The highest BCUT2D eigenvalue weighted by molar-refractivity contribution is 7.89. The van der Waals surface area contributed by atoms with Gasteiger partial charge >= 0.3 is 0 Å². The summed E-state index contributed by atoms with van der Waals surface area (Å²) >= 11 is 6.09. The molecule has 7 heteroatoms. The number of hydrogen-bond acceptors (Lipinski definition) is 3. The van der Waals surface area contributed by atoms with Crippen LogP contribution in [-0.4, -0.2) is 37.8 Å². The maximum absolute atomic E-state index is 13.1. The predicted octanol–water partition coefficient (Wildman–Crippen LogP) is 4.41. The third-order valence-corrected chi connectivity index (χ3v) is 7.61. The van der Waals surface area contributed by atoms with Crippen molar-refractivity contribution >= 4 is 33.6 Å². The highest BCUT2D eigenvalue weighted by atomic mass is 35.5. The summed E-state index contributed by atoms with van der Waals surface area (Å²) in [7, 11) is -3.54. The Labute approximate surface area is 183 Å². The van der Waals surface area contributed by atoms with Crippen LogP contribution < -0.4 is 5.32 Å². The average molecular weight is 447 g/mol. The lowest BCUT2D eigenvalue weighted by molar-refractivity contribution is -0.116. The largest absolute Gasteiger partial charge is 0.352 e. The SMILES string of the molecule is Cc1ccc(S(=O)(=O)N2CCCCC2CCNC(=O)/C=C/c2ccccc2Cl)cc1. The summed E-state index contributed by atoms with van der Waals surface area (Å²) in [4.78, 5) is 12.5. The van der Waals surface area contributed by atoms with Gasteiger partial charge in [-0.25, -0.2) is 8.42 Å². The monoisotopic (exact) mass is 446 g/mol. The molecular weight excluding hydrogens is 420 g/mol. The van der Waals surface area contributed by atoms with Gasteiger partial charge in [-0.2, -0.15) is 4.31 Å². The Balaban J connectivity index is 1.59. The molecule has 1 heterocycles. The molecule has 3 rings (SSSR count). The smallest absolute Gasteiger partial charge is 0.244 e. The second-order valence-corrected chi connectivity index (χ2v) is 9.81. The van der Waals surface area contributed by atoms with Crippen LogP contribution in [-0.2, 0) is 14.8 Å². The van der Waals surface area contributed by atoms with Crippen LogP contribution in [0.5, 0.6) is 0 Å². The van der Waals surface area contributed by atoms with Gasteiger partial charge in [-0.15, -0.1) is 0 Å². The normalized spacial score (nSPS) is 17.9. The highest BCUT2D eigenvalue weighted by Gasteiger charge is 2.33. The van der Waals surface area contributed by atoms with Crippen molar-refractivity contribution in [2.24, 2.45) is 0 Å². The summed E-state index contributed by atoms with van der Waals surface area (Å²) in [6.45, 7) is 2.86. The molecule has 1 amide bonds. The van der Waals surface area contributed by atoms with Gasteiger partial charge in [-0.3, -0.25) is 4.79 Å². The number of piperidine rings is 1. The van der Waals surface area contributed by atoms with E-state index in [1.807, 2.05) is 37.3 Å². The van der Waals surface area contributed by atoms with Crippen LogP contribution in [0.2, 0.25) is 5.02 Å². The lowest BCUT2D eigenvalue weighted by atomic mass is 10.0. The van der Waals surface area contributed by atoms with Crippen molar-refractivity contribution in [2.45, 2.75) is 43.5 Å². The zero-order valence-corrected chi connectivity index (χ0v) is 18.6. The van der Waals surface area contributed by atoms with E-state index in [0.29, 0.717) is 29.4 Å². The van der Waals surface area contributed by atoms with Gasteiger partial charge in [0.25, 0.3) is 0 Å². The van der Waals surface area contributed by atoms with Crippen LogP contribution in [0.15, 0.2) is 59.5 Å². The number of carbonyl (C=O) groups is 1. The van der Waals surface area contributed by atoms with Crippen molar-refractivity contribution in [3.05, 3.63) is 70.8 Å². The first kappa shape index (κ1) is 22.5. The summed E-state index contributed by atoms with van der Waals surface area (Å²) in [6.07, 6.45) is 6.35. The number of benzene rings is 2. The van der Waals surface area contributed by atoms with E-state index in [9.17, 15) is 13.2 Å². The number of rotatable bonds is 7. The summed E-state index contributed by atoms with van der Waals surface area (Å²) in [5.41, 5.74) is 1.80. The number of nitrogens with zero attached hydrogens (tertiary/aromatic N) is 1. The topological polar surface area (TPSA) is 66.5 Å². The zero-order valence-electron chi connectivity index (χ0n) is 17.1. The molecule has 160 valence electrons. The third-order valence-electron chi connectivity index (χ3n) is 5.30. The summed E-state index contributed by atoms with van der Waals surface area (Å²) in [5.74, 6) is -0.223. The fourth-order valence-corrected chi connectivity index (χ4v) is 5.54. The van der Waals surface area contributed by atoms with E-state index < -0.39 is 10.0 Å². The number of carbonyl (C=O) groups excluding carboxylic acids is 1. The molecule has 1 unspecified atom stereocenters. The molecule has 1 atom stereocenters.